The molecule has 55 heavy (non-hydrogen) atoms. The van der Waals surface area contributed by atoms with Gasteiger partial charge in [0, 0.05) is 16.8 Å². The molecule has 0 N–H and O–H groups in total. The van der Waals surface area contributed by atoms with Crippen molar-refractivity contribution in [1.82, 2.24) is 0 Å². The highest BCUT2D eigenvalue weighted by Crippen LogP contribution is 2.54. The number of nitrogens with zero attached hydrogens (tertiary/aromatic N) is 4. The molecule has 2 heterocycles. The first-order chi connectivity index (χ1) is 25.9. The molecular weight excluding hydrogens is 669 g/mol. The van der Waals surface area contributed by atoms with Crippen LogP contribution in [0.1, 0.15) is 94.2 Å². The summed E-state index contributed by atoms with van der Waals surface area (Å²) in [4.78, 5) is 15.0. The third-order valence-electron chi connectivity index (χ3n) is 14.2. The molecule has 4 heteroatoms. The molecule has 6 aromatic carbocycles. The topological polar surface area (TPSA) is 31.2 Å². The fourth-order valence-corrected chi connectivity index (χ4v) is 10.1. The zero-order valence-corrected chi connectivity index (χ0v) is 34.7. The van der Waals surface area contributed by atoms with Crippen molar-refractivity contribution in [3.63, 3.8) is 0 Å². The van der Waals surface area contributed by atoms with E-state index in [1.807, 2.05) is 0 Å². The van der Waals surface area contributed by atoms with Crippen LogP contribution >= 0.6 is 0 Å². The third kappa shape index (κ3) is 4.82. The number of fused-ring (bicyclic) bond motifs is 5. The molecule has 9 rings (SSSR count). The van der Waals surface area contributed by atoms with Gasteiger partial charge in [0.05, 0.1) is 22.2 Å². The molecule has 0 bridgehead atoms. The van der Waals surface area contributed by atoms with Crippen LogP contribution in [0.4, 0.5) is 11.4 Å². The molecule has 278 valence electrons. The summed E-state index contributed by atoms with van der Waals surface area (Å²) in [6.07, 6.45) is 0. The maximum atomic E-state index is 5.08. The highest BCUT2D eigenvalue weighted by Gasteiger charge is 2.49. The Bertz CT molecular complexity index is 2630. The van der Waals surface area contributed by atoms with Crippen molar-refractivity contribution in [3.05, 3.63) is 120 Å². The SMILES string of the molecule is CC1=NC(C)(C)C(C)(C)N1c1ccc(-c2c3ccccc3c(-c3ccc(N4C(C)=NC(C)(C)C4(C)C)cc3)c3cc4c(cc23)-c2ccccc2C4(C)C)cc1. The molecule has 3 aliphatic rings. The molecule has 0 unspecified atom stereocenters. The van der Waals surface area contributed by atoms with Gasteiger partial charge in [0.25, 0.3) is 0 Å². The van der Waals surface area contributed by atoms with Gasteiger partial charge in [-0.2, -0.15) is 0 Å². The van der Waals surface area contributed by atoms with Gasteiger partial charge in [-0.05, 0) is 172 Å². The van der Waals surface area contributed by atoms with Crippen molar-refractivity contribution >= 4 is 44.6 Å². The summed E-state index contributed by atoms with van der Waals surface area (Å²) in [7, 11) is 0. The number of hydrogen-bond donors (Lipinski definition) is 0. The van der Waals surface area contributed by atoms with Crippen LogP contribution in [0.25, 0.3) is 54.9 Å². The van der Waals surface area contributed by atoms with Crippen molar-refractivity contribution in [2.75, 3.05) is 9.80 Å². The Balaban J connectivity index is 1.28. The number of amidine groups is 2. The van der Waals surface area contributed by atoms with Crippen LogP contribution in [0.2, 0.25) is 0 Å². The third-order valence-corrected chi connectivity index (χ3v) is 14.2. The van der Waals surface area contributed by atoms with Crippen LogP contribution < -0.4 is 9.80 Å². The summed E-state index contributed by atoms with van der Waals surface area (Å²) in [5.41, 5.74) is 12.0. The molecular formula is C51H54N4. The number of benzene rings is 6. The number of aliphatic imine (C=N–C) groups is 2. The van der Waals surface area contributed by atoms with E-state index >= 15 is 0 Å². The molecule has 0 atom stereocenters. The van der Waals surface area contributed by atoms with Crippen molar-refractivity contribution in [2.24, 2.45) is 9.98 Å². The van der Waals surface area contributed by atoms with Crippen LogP contribution in [-0.4, -0.2) is 33.8 Å². The molecule has 0 amide bonds. The second-order valence-electron chi connectivity index (χ2n) is 18.7. The summed E-state index contributed by atoms with van der Waals surface area (Å²) in [5, 5.41) is 5.09. The summed E-state index contributed by atoms with van der Waals surface area (Å²) < 4.78 is 0. The van der Waals surface area contributed by atoms with Crippen LogP contribution in [0, 0.1) is 0 Å². The minimum atomic E-state index is -0.186. The van der Waals surface area contributed by atoms with E-state index in [1.165, 1.54) is 77.4 Å². The maximum Gasteiger partial charge on any atom is 0.102 e. The Morgan fingerprint density at radius 3 is 1.27 bits per heavy atom. The molecule has 0 radical (unpaired) electrons. The maximum absolute atomic E-state index is 5.08. The van der Waals surface area contributed by atoms with E-state index < -0.39 is 0 Å². The summed E-state index contributed by atoms with van der Waals surface area (Å²) in [6.45, 7) is 27.2. The normalized spacial score (nSPS) is 19.8. The van der Waals surface area contributed by atoms with E-state index in [0.29, 0.717) is 0 Å². The molecule has 2 aliphatic heterocycles. The van der Waals surface area contributed by atoms with Crippen LogP contribution in [0.5, 0.6) is 0 Å². The van der Waals surface area contributed by atoms with Gasteiger partial charge in [0.2, 0.25) is 0 Å². The van der Waals surface area contributed by atoms with Gasteiger partial charge >= 0.3 is 0 Å². The van der Waals surface area contributed by atoms with Gasteiger partial charge in [0.15, 0.2) is 0 Å². The first-order valence-electron chi connectivity index (χ1n) is 19.9. The molecule has 6 aromatic rings. The lowest BCUT2D eigenvalue weighted by atomic mass is 9.79. The van der Waals surface area contributed by atoms with E-state index in [2.05, 4.69) is 202 Å². The Labute approximate surface area is 327 Å². The Kier molecular flexibility index (Phi) is 7.36. The second kappa shape index (κ2) is 11.4. The molecule has 0 saturated heterocycles. The largest absolute Gasteiger partial charge is 0.322 e. The average Bonchev–Trinajstić information content (AvgIpc) is 3.53. The summed E-state index contributed by atoms with van der Waals surface area (Å²) >= 11 is 0. The number of anilines is 2. The summed E-state index contributed by atoms with van der Waals surface area (Å²) in [5.74, 6) is 2.12. The lowest BCUT2D eigenvalue weighted by Gasteiger charge is -2.41. The van der Waals surface area contributed by atoms with Crippen molar-refractivity contribution in [2.45, 2.75) is 111 Å². The molecule has 0 spiro atoms. The van der Waals surface area contributed by atoms with Gasteiger partial charge in [-0.1, -0.05) is 86.6 Å². The van der Waals surface area contributed by atoms with Crippen molar-refractivity contribution < 1.29 is 0 Å². The molecule has 4 nitrogen and oxygen atoms in total. The van der Waals surface area contributed by atoms with Gasteiger partial charge in [-0.3, -0.25) is 9.98 Å². The standard InChI is InChI=1S/C51H54N4/c1-31-52-48(5,6)50(9,10)54(31)35-25-21-33(22-26-35)45-38-18-13-14-19-39(38)46(34-23-27-36(28-24-34)55-32(2)53-49(7,8)51(55,11)12)42-30-44-40(29-41(42)45)37-17-15-16-20-43(37)47(44,3)4/h13-30H,1-12H3. The second-order valence-corrected chi connectivity index (χ2v) is 18.7. The highest BCUT2D eigenvalue weighted by molar-refractivity contribution is 6.22. The minimum absolute atomic E-state index is 0.116. The smallest absolute Gasteiger partial charge is 0.102 e. The van der Waals surface area contributed by atoms with E-state index in [4.69, 9.17) is 9.98 Å². The van der Waals surface area contributed by atoms with Crippen molar-refractivity contribution in [3.8, 4) is 33.4 Å². The summed E-state index contributed by atoms with van der Waals surface area (Å²) in [6, 6.07) is 41.5. The Hall–Kier alpha value is -5.22. The van der Waals surface area contributed by atoms with Crippen LogP contribution in [-0.2, 0) is 5.41 Å². The Morgan fingerprint density at radius 1 is 0.418 bits per heavy atom. The quantitative estimate of drug-likeness (QED) is 0.170. The van der Waals surface area contributed by atoms with Crippen LogP contribution in [0.3, 0.4) is 0 Å². The fourth-order valence-electron chi connectivity index (χ4n) is 10.1. The van der Waals surface area contributed by atoms with Crippen LogP contribution in [0.15, 0.2) is 119 Å². The minimum Gasteiger partial charge on any atom is -0.322 e. The lowest BCUT2D eigenvalue weighted by molar-refractivity contribution is 0.338. The molecule has 0 aromatic heterocycles. The van der Waals surface area contributed by atoms with E-state index in [1.54, 1.807) is 0 Å². The molecule has 0 saturated carbocycles. The zero-order chi connectivity index (χ0) is 39.0. The monoisotopic (exact) mass is 722 g/mol. The predicted octanol–water partition coefficient (Wildman–Crippen LogP) is 13.2. The van der Waals surface area contributed by atoms with E-state index in [0.717, 1.165) is 11.7 Å². The fraction of sp³-hybridized carbons (Fsp3) is 0.333. The van der Waals surface area contributed by atoms with Gasteiger partial charge in [-0.15, -0.1) is 0 Å². The number of rotatable bonds is 4. The van der Waals surface area contributed by atoms with Gasteiger partial charge in [-0.25, -0.2) is 0 Å². The average molecular weight is 723 g/mol. The predicted molar refractivity (Wildman–Crippen MR) is 237 cm³/mol. The van der Waals surface area contributed by atoms with E-state index in [9.17, 15) is 0 Å². The van der Waals surface area contributed by atoms with Gasteiger partial charge in [0.1, 0.15) is 11.7 Å². The number of hydrogen-bond acceptors (Lipinski definition) is 4. The first kappa shape index (κ1) is 35.5. The Morgan fingerprint density at radius 2 is 0.836 bits per heavy atom. The first-order valence-corrected chi connectivity index (χ1v) is 19.9. The molecule has 0 fully saturated rings. The van der Waals surface area contributed by atoms with Crippen molar-refractivity contribution in [1.29, 1.82) is 0 Å². The van der Waals surface area contributed by atoms with Gasteiger partial charge < -0.3 is 9.80 Å². The highest BCUT2D eigenvalue weighted by atomic mass is 15.3. The molecule has 1 aliphatic carbocycles. The lowest BCUT2D eigenvalue weighted by Crippen LogP contribution is -2.52. The van der Waals surface area contributed by atoms with E-state index in [-0.39, 0.29) is 27.6 Å². The zero-order valence-electron chi connectivity index (χ0n) is 34.7.